The molecule has 0 aliphatic heterocycles. The highest BCUT2D eigenvalue weighted by atomic mass is 16.4. The van der Waals surface area contributed by atoms with Crippen LogP contribution in [-0.4, -0.2) is 33.5 Å². The molecule has 0 aromatic carbocycles. The number of aliphatic carboxylic acids is 1. The molecule has 0 aromatic rings. The number of aliphatic hydroxyl groups excluding tert-OH is 2. The first-order valence-electron chi connectivity index (χ1n) is 14.1. The molecule has 4 heteroatoms. The van der Waals surface area contributed by atoms with Gasteiger partial charge >= 0.3 is 5.97 Å². The average molecular weight is 487 g/mol. The van der Waals surface area contributed by atoms with Gasteiger partial charge in [0.15, 0.2) is 0 Å². The molecule has 3 N–H and O–H groups in total. The Balaban J connectivity index is 1.63. The lowest BCUT2D eigenvalue weighted by atomic mass is 9.42. The number of hydrogen-bond donors (Lipinski definition) is 3. The maximum absolute atomic E-state index is 11.9. The number of hydrogen-bond acceptors (Lipinski definition) is 3. The quantitative estimate of drug-likeness (QED) is 0.362. The van der Waals surface area contributed by atoms with Crippen LogP contribution in [0.4, 0.5) is 0 Å². The van der Waals surface area contributed by atoms with Crippen molar-refractivity contribution in [2.45, 2.75) is 118 Å². The van der Waals surface area contributed by atoms with Crippen LogP contribution in [0, 0.1) is 45.3 Å². The fraction of sp³-hybridized carbons (Fsp3) is 0.839. The van der Waals surface area contributed by atoms with Crippen molar-refractivity contribution in [2.75, 3.05) is 0 Å². The molecule has 0 unspecified atom stereocenters. The minimum absolute atomic E-state index is 0.00151. The predicted octanol–water partition coefficient (Wildman–Crippen LogP) is 6.76. The first kappa shape index (κ1) is 26.9. The molecule has 0 bridgehead atoms. The number of carbonyl (C=O) groups is 1. The van der Waals surface area contributed by atoms with E-state index in [1.165, 1.54) is 5.57 Å². The van der Waals surface area contributed by atoms with Gasteiger partial charge in [-0.1, -0.05) is 64.8 Å². The third-order valence-electron chi connectivity index (χ3n) is 12.5. The molecular weight excluding hydrogens is 436 g/mol. The van der Waals surface area contributed by atoms with Crippen molar-refractivity contribution >= 4 is 5.97 Å². The Morgan fingerprint density at radius 1 is 1.00 bits per heavy atom. The highest BCUT2D eigenvalue weighted by Crippen LogP contribution is 2.72. The molecule has 0 aromatic heterocycles. The number of carboxylic acids is 1. The number of allylic oxidation sites excluding steroid dienone is 1. The van der Waals surface area contributed by atoms with Gasteiger partial charge in [0.05, 0.1) is 18.1 Å². The first-order chi connectivity index (χ1) is 16.1. The van der Waals surface area contributed by atoms with Crippen molar-refractivity contribution in [3.8, 4) is 0 Å². The molecule has 198 valence electrons. The summed E-state index contributed by atoms with van der Waals surface area (Å²) in [5.41, 5.74) is 3.76. The van der Waals surface area contributed by atoms with E-state index in [9.17, 15) is 20.1 Å². The van der Waals surface area contributed by atoms with Crippen molar-refractivity contribution in [1.82, 2.24) is 0 Å². The van der Waals surface area contributed by atoms with Gasteiger partial charge < -0.3 is 15.3 Å². The molecule has 9 atom stereocenters. The van der Waals surface area contributed by atoms with E-state index >= 15 is 0 Å². The van der Waals surface area contributed by atoms with E-state index < -0.39 is 11.9 Å². The molecular formula is C31H50O4. The lowest BCUT2D eigenvalue weighted by Crippen LogP contribution is -2.58. The second-order valence-corrected chi connectivity index (χ2v) is 14.1. The molecule has 0 saturated heterocycles. The molecule has 0 radical (unpaired) electrons. The zero-order valence-corrected chi connectivity index (χ0v) is 23.3. The summed E-state index contributed by atoms with van der Waals surface area (Å²) < 4.78 is 0. The van der Waals surface area contributed by atoms with E-state index in [2.05, 4.69) is 48.1 Å². The van der Waals surface area contributed by atoms with Crippen molar-refractivity contribution in [2.24, 2.45) is 45.3 Å². The fourth-order valence-electron chi connectivity index (χ4n) is 9.64. The summed E-state index contributed by atoms with van der Waals surface area (Å²) in [4.78, 5) is 11.4. The third-order valence-corrected chi connectivity index (χ3v) is 12.5. The average Bonchev–Trinajstić information content (AvgIpc) is 3.08. The zero-order valence-electron chi connectivity index (χ0n) is 23.3. The Labute approximate surface area is 213 Å². The van der Waals surface area contributed by atoms with Gasteiger partial charge in [0, 0.05) is 5.41 Å². The number of carboxylic acid groups (broad SMARTS) is 1. The number of rotatable bonds is 6. The van der Waals surface area contributed by atoms with Gasteiger partial charge in [-0.05, 0) is 98.7 Å². The SMILES string of the molecule is C=C(CC[C@@H](C)[C@H]1CC[C@@]2(C)C3=C(C[C@H](O)[C@]12C)[C@@]1(C)CC[C@H](O)C(C)(C)[C@@H]1CC3)[C@@H](C)C(=O)O. The van der Waals surface area contributed by atoms with Crippen molar-refractivity contribution < 1.29 is 20.1 Å². The van der Waals surface area contributed by atoms with E-state index in [1.807, 2.05) is 0 Å². The van der Waals surface area contributed by atoms with Gasteiger partial charge in [-0.2, -0.15) is 0 Å². The van der Waals surface area contributed by atoms with E-state index in [1.54, 1.807) is 12.5 Å². The second-order valence-electron chi connectivity index (χ2n) is 14.1. The summed E-state index contributed by atoms with van der Waals surface area (Å²) in [5, 5.41) is 32.1. The topological polar surface area (TPSA) is 77.8 Å². The highest BCUT2D eigenvalue weighted by molar-refractivity contribution is 5.72. The Hall–Kier alpha value is -1.13. The zero-order chi connectivity index (χ0) is 26.1. The van der Waals surface area contributed by atoms with Crippen LogP contribution in [0.2, 0.25) is 0 Å². The predicted molar refractivity (Wildman–Crippen MR) is 141 cm³/mol. The standard InChI is InChI=1S/C31H50O4/c1-18(20(3)27(34)35)9-10-19(2)21-13-16-30(7)22-11-12-24-28(4,5)25(32)14-15-29(24,6)23(22)17-26(33)31(21,30)8/h19-21,24-26,32-33H,1,9-17H2,2-8H3,(H,34,35)/t19-,20-,21-,24+,25+,26+,29-,30+,31+/m1/s1. The highest BCUT2D eigenvalue weighted by Gasteiger charge is 2.66. The third kappa shape index (κ3) is 3.71. The van der Waals surface area contributed by atoms with Crippen molar-refractivity contribution in [1.29, 1.82) is 0 Å². The summed E-state index contributed by atoms with van der Waals surface area (Å²) in [6.07, 6.45) is 8.15. The van der Waals surface area contributed by atoms with Gasteiger partial charge in [-0.3, -0.25) is 4.79 Å². The van der Waals surface area contributed by atoms with Crippen LogP contribution in [-0.2, 0) is 4.79 Å². The van der Waals surface area contributed by atoms with E-state index in [-0.39, 0.29) is 33.9 Å². The van der Waals surface area contributed by atoms with Gasteiger partial charge in [-0.25, -0.2) is 0 Å². The lowest BCUT2D eigenvalue weighted by molar-refractivity contribution is -0.139. The van der Waals surface area contributed by atoms with Gasteiger partial charge in [0.1, 0.15) is 0 Å². The maximum Gasteiger partial charge on any atom is 0.310 e. The smallest absolute Gasteiger partial charge is 0.310 e. The molecule has 0 amide bonds. The monoisotopic (exact) mass is 486 g/mol. The maximum atomic E-state index is 11.9. The Kier molecular flexibility index (Phi) is 6.71. The molecule has 2 fully saturated rings. The Bertz CT molecular complexity index is 917. The van der Waals surface area contributed by atoms with E-state index in [0.29, 0.717) is 17.8 Å². The largest absolute Gasteiger partial charge is 0.481 e. The molecule has 35 heavy (non-hydrogen) atoms. The van der Waals surface area contributed by atoms with Crippen LogP contribution in [0.15, 0.2) is 23.3 Å². The minimum atomic E-state index is -0.798. The normalized spacial score (nSPS) is 44.1. The summed E-state index contributed by atoms with van der Waals surface area (Å²) in [6.45, 7) is 19.8. The van der Waals surface area contributed by atoms with Crippen molar-refractivity contribution in [3.63, 3.8) is 0 Å². The van der Waals surface area contributed by atoms with Crippen molar-refractivity contribution in [3.05, 3.63) is 23.3 Å². The Morgan fingerprint density at radius 2 is 1.66 bits per heavy atom. The van der Waals surface area contributed by atoms with E-state index in [4.69, 9.17) is 0 Å². The number of fused-ring (bicyclic) bond motifs is 4. The lowest BCUT2D eigenvalue weighted by Gasteiger charge is -2.63. The van der Waals surface area contributed by atoms with Gasteiger partial charge in [0.25, 0.3) is 0 Å². The molecule has 4 aliphatic carbocycles. The van der Waals surface area contributed by atoms with Gasteiger partial charge in [0.2, 0.25) is 0 Å². The summed E-state index contributed by atoms with van der Waals surface area (Å²) >= 11 is 0. The van der Waals surface area contributed by atoms with Crippen LogP contribution in [0.1, 0.15) is 106 Å². The summed E-state index contributed by atoms with van der Waals surface area (Å²) in [7, 11) is 0. The molecule has 2 saturated carbocycles. The minimum Gasteiger partial charge on any atom is -0.481 e. The second kappa shape index (κ2) is 8.72. The van der Waals surface area contributed by atoms with Crippen LogP contribution >= 0.6 is 0 Å². The van der Waals surface area contributed by atoms with E-state index in [0.717, 1.165) is 63.4 Å². The van der Waals surface area contributed by atoms with Crippen LogP contribution in [0.3, 0.4) is 0 Å². The van der Waals surface area contributed by atoms with Crippen LogP contribution < -0.4 is 0 Å². The van der Waals surface area contributed by atoms with Gasteiger partial charge in [-0.15, -0.1) is 0 Å². The molecule has 0 heterocycles. The van der Waals surface area contributed by atoms with Crippen LogP contribution in [0.5, 0.6) is 0 Å². The number of aliphatic hydroxyl groups is 2. The van der Waals surface area contributed by atoms with Crippen LogP contribution in [0.25, 0.3) is 0 Å². The fourth-order valence-corrected chi connectivity index (χ4v) is 9.64. The molecule has 4 nitrogen and oxygen atoms in total. The molecule has 4 rings (SSSR count). The summed E-state index contributed by atoms with van der Waals surface area (Å²) in [6, 6.07) is 0. The molecule has 4 aliphatic rings. The Morgan fingerprint density at radius 3 is 2.29 bits per heavy atom. The summed E-state index contributed by atoms with van der Waals surface area (Å²) in [5.74, 6) is -0.0238. The first-order valence-corrected chi connectivity index (χ1v) is 14.1. The molecule has 0 spiro atoms.